The average molecular weight is 269 g/mol. The molecule has 0 aliphatic heterocycles. The van der Waals surface area contributed by atoms with Crippen molar-refractivity contribution in [3.63, 3.8) is 0 Å². The number of aliphatic hydroxyl groups is 2. The van der Waals surface area contributed by atoms with Crippen molar-refractivity contribution in [2.75, 3.05) is 13.2 Å². The molecule has 0 saturated heterocycles. The van der Waals surface area contributed by atoms with Crippen molar-refractivity contribution in [2.24, 2.45) is 5.92 Å². The Bertz CT molecular complexity index is 396. The molecule has 1 aromatic rings. The Kier molecular flexibility index (Phi) is 6.42. The summed E-state index contributed by atoms with van der Waals surface area (Å²) in [6.07, 6.45) is -0.0312. The molecule has 0 aliphatic rings. The maximum atomic E-state index is 13.2. The van der Waals surface area contributed by atoms with Gasteiger partial charge in [-0.1, -0.05) is 26.0 Å². The van der Waals surface area contributed by atoms with Crippen molar-refractivity contribution < 1.29 is 14.6 Å². The van der Waals surface area contributed by atoms with Crippen LogP contribution < -0.4 is 5.32 Å². The van der Waals surface area contributed by atoms with Gasteiger partial charge in [-0.05, 0) is 43.0 Å². The second-order valence-electron chi connectivity index (χ2n) is 5.25. The zero-order chi connectivity index (χ0) is 14.4. The average Bonchev–Trinajstić information content (AvgIpc) is 2.37. The Labute approximate surface area is 114 Å². The predicted octanol–water partition coefficient (Wildman–Crippen LogP) is 2.16. The van der Waals surface area contributed by atoms with Gasteiger partial charge in [-0.3, -0.25) is 0 Å². The second-order valence-corrected chi connectivity index (χ2v) is 5.25. The molecule has 0 radical (unpaired) electrons. The maximum absolute atomic E-state index is 13.2. The normalized spacial score (nSPS) is 14.7. The summed E-state index contributed by atoms with van der Waals surface area (Å²) >= 11 is 0. The molecule has 0 fully saturated rings. The summed E-state index contributed by atoms with van der Waals surface area (Å²) in [5.41, 5.74) is 1.25. The van der Waals surface area contributed by atoms with Crippen LogP contribution in [0.4, 0.5) is 4.39 Å². The van der Waals surface area contributed by atoms with E-state index in [9.17, 15) is 9.50 Å². The molecule has 0 saturated carbocycles. The molecule has 3 nitrogen and oxygen atoms in total. The summed E-state index contributed by atoms with van der Waals surface area (Å²) in [6, 6.07) is 4.58. The fourth-order valence-corrected chi connectivity index (χ4v) is 2.12. The van der Waals surface area contributed by atoms with Crippen LogP contribution in [0.5, 0.6) is 0 Å². The van der Waals surface area contributed by atoms with Gasteiger partial charge in [0.15, 0.2) is 0 Å². The lowest BCUT2D eigenvalue weighted by atomic mass is 9.92. The minimum atomic E-state index is -0.682. The van der Waals surface area contributed by atoms with E-state index >= 15 is 0 Å². The first kappa shape index (κ1) is 16.1. The highest BCUT2D eigenvalue weighted by molar-refractivity contribution is 5.26. The lowest BCUT2D eigenvalue weighted by Crippen LogP contribution is -2.40. The monoisotopic (exact) mass is 269 g/mol. The molecule has 0 aliphatic carbocycles. The van der Waals surface area contributed by atoms with Crippen LogP contribution in [0.1, 0.15) is 37.5 Å². The first-order valence-corrected chi connectivity index (χ1v) is 6.75. The molecular formula is C15H24FNO2. The topological polar surface area (TPSA) is 52.5 Å². The number of aliphatic hydroxyl groups excluding tert-OH is 2. The van der Waals surface area contributed by atoms with Crippen molar-refractivity contribution in [2.45, 2.75) is 39.3 Å². The lowest BCUT2D eigenvalue weighted by Gasteiger charge is -2.28. The van der Waals surface area contributed by atoms with E-state index in [4.69, 9.17) is 5.11 Å². The van der Waals surface area contributed by atoms with Crippen molar-refractivity contribution in [1.82, 2.24) is 5.32 Å². The summed E-state index contributed by atoms with van der Waals surface area (Å²) in [4.78, 5) is 0. The number of rotatable bonds is 7. The van der Waals surface area contributed by atoms with Crippen LogP contribution in [0, 0.1) is 18.7 Å². The van der Waals surface area contributed by atoms with E-state index in [0.717, 1.165) is 0 Å². The van der Waals surface area contributed by atoms with Crippen LogP contribution in [-0.4, -0.2) is 29.4 Å². The Morgan fingerprint density at radius 1 is 1.32 bits per heavy atom. The van der Waals surface area contributed by atoms with E-state index < -0.39 is 6.10 Å². The van der Waals surface area contributed by atoms with Gasteiger partial charge < -0.3 is 15.5 Å². The third-order valence-electron chi connectivity index (χ3n) is 3.30. The molecule has 0 aromatic heterocycles. The molecule has 3 N–H and O–H groups in total. The molecule has 0 bridgehead atoms. The zero-order valence-corrected chi connectivity index (χ0v) is 11.9. The Morgan fingerprint density at radius 3 is 2.53 bits per heavy atom. The molecule has 0 heterocycles. The largest absolute Gasteiger partial charge is 0.396 e. The number of hydrogen-bond donors (Lipinski definition) is 3. The van der Waals surface area contributed by atoms with Gasteiger partial charge in [0, 0.05) is 12.6 Å². The minimum absolute atomic E-state index is 0.114. The van der Waals surface area contributed by atoms with Gasteiger partial charge in [-0.2, -0.15) is 0 Å². The van der Waals surface area contributed by atoms with E-state index in [0.29, 0.717) is 24.1 Å². The van der Waals surface area contributed by atoms with Gasteiger partial charge in [0.05, 0.1) is 6.10 Å². The standard InChI is InChI=1S/C15H24FNO2/c1-10(2)14(17-7-4-8-18)15(19)12-5-6-13(16)11(3)9-12/h5-6,9-10,14-15,17-19H,4,7-8H2,1-3H3. The van der Waals surface area contributed by atoms with E-state index in [2.05, 4.69) is 5.32 Å². The van der Waals surface area contributed by atoms with E-state index in [1.807, 2.05) is 13.8 Å². The second kappa shape index (κ2) is 7.58. The van der Waals surface area contributed by atoms with E-state index in [-0.39, 0.29) is 24.4 Å². The summed E-state index contributed by atoms with van der Waals surface area (Å²) in [5, 5.41) is 22.5. The van der Waals surface area contributed by atoms with E-state index in [1.54, 1.807) is 19.1 Å². The number of benzene rings is 1. The molecule has 0 amide bonds. The van der Waals surface area contributed by atoms with Gasteiger partial charge in [-0.15, -0.1) is 0 Å². The molecule has 1 rings (SSSR count). The fourth-order valence-electron chi connectivity index (χ4n) is 2.12. The number of nitrogens with one attached hydrogen (secondary N) is 1. The van der Waals surface area contributed by atoms with Crippen LogP contribution in [0.15, 0.2) is 18.2 Å². The SMILES string of the molecule is Cc1cc(C(O)C(NCCCO)C(C)C)ccc1F. The van der Waals surface area contributed by atoms with Gasteiger partial charge in [-0.25, -0.2) is 4.39 Å². The first-order valence-electron chi connectivity index (χ1n) is 6.75. The summed E-state index contributed by atoms with van der Waals surface area (Å²) in [5.74, 6) is -0.0238. The highest BCUT2D eigenvalue weighted by Gasteiger charge is 2.23. The Hall–Kier alpha value is -0.970. The molecule has 2 atom stereocenters. The first-order chi connectivity index (χ1) is 8.97. The Balaban J connectivity index is 2.80. The number of hydrogen-bond acceptors (Lipinski definition) is 3. The fraction of sp³-hybridized carbons (Fsp3) is 0.600. The highest BCUT2D eigenvalue weighted by Crippen LogP contribution is 2.23. The van der Waals surface area contributed by atoms with Crippen LogP contribution >= 0.6 is 0 Å². The predicted molar refractivity (Wildman–Crippen MR) is 74.4 cm³/mol. The molecular weight excluding hydrogens is 245 g/mol. The summed E-state index contributed by atoms with van der Waals surface area (Å²) < 4.78 is 13.2. The van der Waals surface area contributed by atoms with Crippen molar-refractivity contribution in [1.29, 1.82) is 0 Å². The third kappa shape index (κ3) is 4.56. The maximum Gasteiger partial charge on any atom is 0.126 e. The smallest absolute Gasteiger partial charge is 0.126 e. The van der Waals surface area contributed by atoms with Gasteiger partial charge >= 0.3 is 0 Å². The summed E-state index contributed by atoms with van der Waals surface area (Å²) in [7, 11) is 0. The molecule has 2 unspecified atom stereocenters. The van der Waals surface area contributed by atoms with Gasteiger partial charge in [0.2, 0.25) is 0 Å². The van der Waals surface area contributed by atoms with Crippen LogP contribution in [0.2, 0.25) is 0 Å². The van der Waals surface area contributed by atoms with E-state index in [1.165, 1.54) is 6.07 Å². The van der Waals surface area contributed by atoms with Crippen molar-refractivity contribution >= 4 is 0 Å². The highest BCUT2D eigenvalue weighted by atomic mass is 19.1. The van der Waals surface area contributed by atoms with Crippen molar-refractivity contribution in [3.05, 3.63) is 35.1 Å². The van der Waals surface area contributed by atoms with Gasteiger partial charge in [0.1, 0.15) is 5.82 Å². The zero-order valence-electron chi connectivity index (χ0n) is 11.9. The number of aryl methyl sites for hydroxylation is 1. The quantitative estimate of drug-likeness (QED) is 0.665. The Morgan fingerprint density at radius 2 is 2.00 bits per heavy atom. The van der Waals surface area contributed by atoms with Gasteiger partial charge in [0.25, 0.3) is 0 Å². The molecule has 108 valence electrons. The van der Waals surface area contributed by atoms with Crippen LogP contribution in [0.3, 0.4) is 0 Å². The lowest BCUT2D eigenvalue weighted by molar-refractivity contribution is 0.104. The van der Waals surface area contributed by atoms with Crippen molar-refractivity contribution in [3.8, 4) is 0 Å². The molecule has 0 spiro atoms. The van der Waals surface area contributed by atoms with Crippen LogP contribution in [0.25, 0.3) is 0 Å². The summed E-state index contributed by atoms with van der Waals surface area (Å²) in [6.45, 7) is 6.52. The molecule has 19 heavy (non-hydrogen) atoms. The molecule has 1 aromatic carbocycles. The molecule has 4 heteroatoms. The minimum Gasteiger partial charge on any atom is -0.396 e. The number of halogens is 1. The third-order valence-corrected chi connectivity index (χ3v) is 3.30. The van der Waals surface area contributed by atoms with Crippen LogP contribution in [-0.2, 0) is 0 Å².